The van der Waals surface area contributed by atoms with E-state index in [1.165, 1.54) is 24.5 Å². The molecule has 0 amide bonds. The van der Waals surface area contributed by atoms with Crippen molar-refractivity contribution in [3.05, 3.63) is 40.4 Å². The highest BCUT2D eigenvalue weighted by atomic mass is 35.5. The Balaban J connectivity index is 1.81. The van der Waals surface area contributed by atoms with Crippen LogP contribution in [0.15, 0.2) is 40.0 Å². The Morgan fingerprint density at radius 2 is 2.21 bits per heavy atom. The van der Waals surface area contributed by atoms with E-state index in [0.29, 0.717) is 10.0 Å². The molecule has 0 spiro atoms. The number of furan rings is 1. The molecule has 0 aliphatic carbocycles. The van der Waals surface area contributed by atoms with Crippen molar-refractivity contribution in [3.63, 3.8) is 0 Å². The van der Waals surface area contributed by atoms with Crippen LogP contribution in [-0.4, -0.2) is 31.7 Å². The van der Waals surface area contributed by atoms with E-state index in [9.17, 15) is 13.2 Å². The summed E-state index contributed by atoms with van der Waals surface area (Å²) in [6.07, 6.45) is 1.00. The predicted molar refractivity (Wildman–Crippen MR) is 87.8 cm³/mol. The number of sulfonamides is 1. The highest BCUT2D eigenvalue weighted by Crippen LogP contribution is 2.31. The van der Waals surface area contributed by atoms with Gasteiger partial charge in [-0.1, -0.05) is 11.6 Å². The molecular weight excluding hydrogens is 378 g/mol. The summed E-state index contributed by atoms with van der Waals surface area (Å²) in [7, 11) is -2.84. The quantitative estimate of drug-likeness (QED) is 0.650. The van der Waals surface area contributed by atoms with Crippen LogP contribution in [-0.2, 0) is 14.8 Å². The molecule has 0 bridgehead atoms. The predicted octanol–water partition coefficient (Wildman–Crippen LogP) is 2.97. The average molecular weight is 388 g/mol. The van der Waals surface area contributed by atoms with Crippen molar-refractivity contribution in [3.8, 4) is 10.6 Å². The van der Waals surface area contributed by atoms with Crippen molar-refractivity contribution in [1.29, 1.82) is 0 Å². The number of hydrogen-bond acceptors (Lipinski definition) is 7. The molecule has 11 heteroatoms. The van der Waals surface area contributed by atoms with Gasteiger partial charge < -0.3 is 9.15 Å². The van der Waals surface area contributed by atoms with E-state index < -0.39 is 21.1 Å². The summed E-state index contributed by atoms with van der Waals surface area (Å²) in [5.74, 6) is -0.623. The van der Waals surface area contributed by atoms with Crippen LogP contribution in [0, 0.1) is 0 Å². The molecule has 3 aromatic rings. The molecule has 0 aliphatic heterocycles. The molecule has 24 heavy (non-hydrogen) atoms. The zero-order valence-corrected chi connectivity index (χ0v) is 14.5. The van der Waals surface area contributed by atoms with E-state index in [-0.39, 0.29) is 11.4 Å². The van der Waals surface area contributed by atoms with Gasteiger partial charge in [0.05, 0.1) is 27.6 Å². The monoisotopic (exact) mass is 387 g/mol. The highest BCUT2D eigenvalue weighted by Gasteiger charge is 2.22. The first-order valence-electron chi connectivity index (χ1n) is 6.40. The summed E-state index contributed by atoms with van der Waals surface area (Å²) in [6, 6.07) is 6.10. The number of carbonyl (C=O) groups excluding carboxylic acids is 1. The summed E-state index contributed by atoms with van der Waals surface area (Å²) in [5, 5.41) is 6.17. The Morgan fingerprint density at radius 1 is 1.42 bits per heavy atom. The number of hydrogen-bond donors (Lipinski definition) is 2. The lowest BCUT2D eigenvalue weighted by molar-refractivity contribution is 0.0600. The van der Waals surface area contributed by atoms with Crippen molar-refractivity contribution < 1.29 is 22.4 Å². The zero-order valence-electron chi connectivity index (χ0n) is 12.1. The normalized spacial score (nSPS) is 11.4. The number of thiophene rings is 1. The number of H-pyrrole nitrogens is 1. The summed E-state index contributed by atoms with van der Waals surface area (Å²) >= 11 is 7.19. The molecule has 2 N–H and O–H groups in total. The molecule has 0 unspecified atom stereocenters. The van der Waals surface area contributed by atoms with E-state index >= 15 is 0 Å². The van der Waals surface area contributed by atoms with Gasteiger partial charge in [0.15, 0.2) is 5.82 Å². The third-order valence-electron chi connectivity index (χ3n) is 2.92. The van der Waals surface area contributed by atoms with E-state index in [4.69, 9.17) is 16.0 Å². The van der Waals surface area contributed by atoms with E-state index in [1.807, 2.05) is 0 Å². The van der Waals surface area contributed by atoms with Crippen molar-refractivity contribution in [2.45, 2.75) is 5.09 Å². The molecule has 3 aromatic heterocycles. The van der Waals surface area contributed by atoms with Gasteiger partial charge in [0.25, 0.3) is 10.0 Å². The van der Waals surface area contributed by atoms with Gasteiger partial charge in [0.2, 0.25) is 5.09 Å². The fraction of sp³-hybridized carbons (Fsp3) is 0.0769. The van der Waals surface area contributed by atoms with E-state index in [2.05, 4.69) is 19.7 Å². The molecule has 126 valence electrons. The largest absolute Gasteiger partial charge is 0.465 e. The molecule has 0 atom stereocenters. The second-order valence-corrected chi connectivity index (χ2v) is 7.85. The fourth-order valence-electron chi connectivity index (χ4n) is 1.83. The lowest BCUT2D eigenvalue weighted by Gasteiger charge is -2.00. The van der Waals surface area contributed by atoms with E-state index in [0.717, 1.165) is 17.2 Å². The summed E-state index contributed by atoms with van der Waals surface area (Å²) in [4.78, 5) is 12.2. The van der Waals surface area contributed by atoms with Gasteiger partial charge in [-0.3, -0.25) is 9.82 Å². The number of methoxy groups -OCH3 is 1. The maximum atomic E-state index is 12.2. The van der Waals surface area contributed by atoms with Crippen LogP contribution in [0.3, 0.4) is 0 Å². The third-order valence-corrected chi connectivity index (χ3v) is 5.40. The Hall–Kier alpha value is -2.30. The van der Waals surface area contributed by atoms with Crippen LogP contribution in [0.5, 0.6) is 0 Å². The topological polar surface area (TPSA) is 114 Å². The van der Waals surface area contributed by atoms with Gasteiger partial charge in [-0.2, -0.15) is 13.5 Å². The summed E-state index contributed by atoms with van der Waals surface area (Å²) in [5.41, 5.74) is 0.605. The maximum absolute atomic E-state index is 12.2. The number of nitrogens with one attached hydrogen (secondary N) is 2. The molecule has 0 fully saturated rings. The number of nitrogens with zero attached hydrogens (tertiary/aromatic N) is 1. The van der Waals surface area contributed by atoms with Gasteiger partial charge in [-0.05, 0) is 12.1 Å². The number of aromatic amines is 1. The minimum atomic E-state index is -4.03. The second-order valence-electron chi connectivity index (χ2n) is 4.52. The van der Waals surface area contributed by atoms with E-state index in [1.54, 1.807) is 12.1 Å². The van der Waals surface area contributed by atoms with Crippen molar-refractivity contribution in [1.82, 2.24) is 10.2 Å². The number of carbonyl (C=O) groups is 1. The van der Waals surface area contributed by atoms with Crippen molar-refractivity contribution in [2.24, 2.45) is 0 Å². The lowest BCUT2D eigenvalue weighted by Crippen LogP contribution is -2.12. The van der Waals surface area contributed by atoms with Crippen LogP contribution in [0.2, 0.25) is 4.34 Å². The molecule has 3 heterocycles. The SMILES string of the molecule is COC(=O)c1coc(S(=O)(=O)Nc2cc(-c3ccc(Cl)s3)[nH]n2)c1. The van der Waals surface area contributed by atoms with Crippen LogP contribution in [0.4, 0.5) is 5.82 Å². The maximum Gasteiger partial charge on any atom is 0.341 e. The zero-order chi connectivity index (χ0) is 17.3. The fourth-order valence-corrected chi connectivity index (χ4v) is 3.78. The first-order valence-corrected chi connectivity index (χ1v) is 9.07. The van der Waals surface area contributed by atoms with Crippen LogP contribution in [0.25, 0.3) is 10.6 Å². The highest BCUT2D eigenvalue weighted by molar-refractivity contribution is 7.92. The lowest BCUT2D eigenvalue weighted by atomic mass is 10.3. The summed E-state index contributed by atoms with van der Waals surface area (Å²) in [6.45, 7) is 0. The Labute approximate surface area is 145 Å². The molecule has 0 saturated carbocycles. The Morgan fingerprint density at radius 3 is 2.88 bits per heavy atom. The molecule has 0 saturated heterocycles. The molecule has 0 aromatic carbocycles. The molecule has 3 rings (SSSR count). The number of anilines is 1. The minimum absolute atomic E-state index is 0.00572. The standard InChI is InChI=1S/C13H10ClN3O5S2/c1-21-13(18)7-4-12(22-6-7)24(19,20)17-11-5-8(15-16-11)9-2-3-10(14)23-9/h2-6H,1H3,(H2,15,16,17). The second kappa shape index (κ2) is 6.30. The minimum Gasteiger partial charge on any atom is -0.465 e. The first-order chi connectivity index (χ1) is 11.4. The molecule has 8 nitrogen and oxygen atoms in total. The summed E-state index contributed by atoms with van der Waals surface area (Å²) < 4.78 is 36.8. The third kappa shape index (κ3) is 3.30. The number of halogens is 1. The van der Waals surface area contributed by atoms with Crippen LogP contribution < -0.4 is 4.72 Å². The van der Waals surface area contributed by atoms with Crippen molar-refractivity contribution in [2.75, 3.05) is 11.8 Å². The van der Waals surface area contributed by atoms with Gasteiger partial charge in [0.1, 0.15) is 6.26 Å². The van der Waals surface area contributed by atoms with Crippen LogP contribution >= 0.6 is 22.9 Å². The molecular formula is C13H10ClN3O5S2. The van der Waals surface area contributed by atoms with Gasteiger partial charge in [-0.15, -0.1) is 11.3 Å². The van der Waals surface area contributed by atoms with Gasteiger partial charge in [-0.25, -0.2) is 4.79 Å². The molecule has 0 radical (unpaired) electrons. The number of rotatable bonds is 5. The van der Waals surface area contributed by atoms with Crippen LogP contribution in [0.1, 0.15) is 10.4 Å². The number of esters is 1. The van der Waals surface area contributed by atoms with Gasteiger partial charge in [0, 0.05) is 12.1 Å². The Bertz CT molecular complexity index is 989. The molecule has 0 aliphatic rings. The number of aromatic nitrogens is 2. The first kappa shape index (κ1) is 16.6. The average Bonchev–Trinajstić information content (AvgIpc) is 3.25. The number of ether oxygens (including phenoxy) is 1. The van der Waals surface area contributed by atoms with Crippen molar-refractivity contribution >= 4 is 44.7 Å². The van der Waals surface area contributed by atoms with Gasteiger partial charge >= 0.3 is 5.97 Å². The Kier molecular flexibility index (Phi) is 4.35. The smallest absolute Gasteiger partial charge is 0.341 e.